The Kier molecular flexibility index (Phi) is 3.25. The first-order chi connectivity index (χ1) is 8.22. The molecule has 2 rings (SSSR count). The van der Waals surface area contributed by atoms with Crippen molar-refractivity contribution in [2.45, 2.75) is 20.3 Å². The zero-order valence-electron chi connectivity index (χ0n) is 10.2. The maximum absolute atomic E-state index is 8.69. The molecule has 0 aliphatic rings. The van der Waals surface area contributed by atoms with Crippen molar-refractivity contribution in [3.63, 3.8) is 0 Å². The summed E-state index contributed by atoms with van der Waals surface area (Å²) >= 11 is 0. The van der Waals surface area contributed by atoms with Gasteiger partial charge in [-0.2, -0.15) is 5.26 Å². The monoisotopic (exact) mass is 221 g/mol. The highest BCUT2D eigenvalue weighted by Crippen LogP contribution is 2.27. The molecular formula is C16H15N. The number of rotatable bonds is 2. The summed E-state index contributed by atoms with van der Waals surface area (Å²) in [5, 5.41) is 8.69. The molecule has 2 aromatic rings. The fourth-order valence-electron chi connectivity index (χ4n) is 2.10. The minimum Gasteiger partial charge on any atom is -0.198 e. The summed E-state index contributed by atoms with van der Waals surface area (Å²) in [5.41, 5.74) is 6.12. The largest absolute Gasteiger partial charge is 0.198 e. The fraction of sp³-hybridized carbons (Fsp3) is 0.188. The second-order valence-electron chi connectivity index (χ2n) is 4.30. The molecule has 0 bridgehead atoms. The molecule has 1 nitrogen and oxygen atoms in total. The summed E-state index contributed by atoms with van der Waals surface area (Å²) in [5.74, 6) is 0. The van der Waals surface area contributed by atoms with Gasteiger partial charge in [-0.05, 0) is 41.7 Å². The zero-order valence-corrected chi connectivity index (χ0v) is 10.2. The van der Waals surface area contributed by atoms with E-state index in [-0.39, 0.29) is 0 Å². The maximum Gasteiger partial charge on any atom is 0.0669 e. The number of hydrogen-bond acceptors (Lipinski definition) is 1. The highest BCUT2D eigenvalue weighted by Gasteiger charge is 2.05. The third-order valence-corrected chi connectivity index (χ3v) is 3.01. The Morgan fingerprint density at radius 1 is 0.941 bits per heavy atom. The van der Waals surface area contributed by atoms with Crippen LogP contribution in [0.25, 0.3) is 11.1 Å². The lowest BCUT2D eigenvalue weighted by Gasteiger charge is -2.10. The second kappa shape index (κ2) is 4.84. The standard InChI is InChI=1S/C16H15N/c1-12-5-3-4-6-15(12)16-8-7-14(9-10-17)11-13(16)2/h3-8,11H,9H2,1-2H3. The molecule has 0 radical (unpaired) electrons. The van der Waals surface area contributed by atoms with Gasteiger partial charge in [0.25, 0.3) is 0 Å². The maximum atomic E-state index is 8.69. The van der Waals surface area contributed by atoms with E-state index in [1.807, 2.05) is 6.07 Å². The molecule has 0 spiro atoms. The summed E-state index contributed by atoms with van der Waals surface area (Å²) in [6.45, 7) is 4.22. The Morgan fingerprint density at radius 2 is 1.65 bits per heavy atom. The van der Waals surface area contributed by atoms with Crippen molar-refractivity contribution in [3.05, 3.63) is 59.2 Å². The van der Waals surface area contributed by atoms with Crippen LogP contribution in [0, 0.1) is 25.2 Å². The predicted octanol–water partition coefficient (Wildman–Crippen LogP) is 4.04. The van der Waals surface area contributed by atoms with Crippen molar-refractivity contribution < 1.29 is 0 Å². The Labute approximate surface area is 102 Å². The molecule has 0 fully saturated rings. The highest BCUT2D eigenvalue weighted by atomic mass is 14.2. The number of aryl methyl sites for hydroxylation is 2. The minimum absolute atomic E-state index is 0.481. The lowest BCUT2D eigenvalue weighted by molar-refractivity contribution is 1.24. The molecule has 0 heterocycles. The van der Waals surface area contributed by atoms with E-state index in [0.29, 0.717) is 6.42 Å². The molecule has 1 heteroatoms. The normalized spacial score (nSPS) is 9.94. The summed E-state index contributed by atoms with van der Waals surface area (Å²) in [4.78, 5) is 0. The van der Waals surface area contributed by atoms with Crippen molar-refractivity contribution in [1.82, 2.24) is 0 Å². The van der Waals surface area contributed by atoms with Crippen LogP contribution in [0.5, 0.6) is 0 Å². The van der Waals surface area contributed by atoms with E-state index in [9.17, 15) is 0 Å². The zero-order chi connectivity index (χ0) is 12.3. The third-order valence-electron chi connectivity index (χ3n) is 3.01. The van der Waals surface area contributed by atoms with Crippen molar-refractivity contribution in [2.75, 3.05) is 0 Å². The molecular weight excluding hydrogens is 206 g/mol. The summed E-state index contributed by atoms with van der Waals surface area (Å²) in [7, 11) is 0. The van der Waals surface area contributed by atoms with E-state index < -0.39 is 0 Å². The van der Waals surface area contributed by atoms with Gasteiger partial charge in [-0.25, -0.2) is 0 Å². The molecule has 84 valence electrons. The van der Waals surface area contributed by atoms with Gasteiger partial charge in [-0.15, -0.1) is 0 Å². The van der Waals surface area contributed by atoms with E-state index in [2.05, 4.69) is 56.3 Å². The van der Waals surface area contributed by atoms with E-state index in [0.717, 1.165) is 5.56 Å². The number of nitrogens with zero attached hydrogens (tertiary/aromatic N) is 1. The molecule has 17 heavy (non-hydrogen) atoms. The third kappa shape index (κ3) is 2.37. The predicted molar refractivity (Wildman–Crippen MR) is 70.7 cm³/mol. The fourth-order valence-corrected chi connectivity index (χ4v) is 2.10. The lowest BCUT2D eigenvalue weighted by Crippen LogP contribution is -1.89. The number of nitriles is 1. The molecule has 0 amide bonds. The quantitative estimate of drug-likeness (QED) is 0.751. The van der Waals surface area contributed by atoms with Gasteiger partial charge >= 0.3 is 0 Å². The van der Waals surface area contributed by atoms with Gasteiger partial charge in [0.15, 0.2) is 0 Å². The Hall–Kier alpha value is -2.07. The molecule has 0 aliphatic carbocycles. The Bertz CT molecular complexity index is 576. The van der Waals surface area contributed by atoms with Crippen LogP contribution in [0.3, 0.4) is 0 Å². The average molecular weight is 221 g/mol. The van der Waals surface area contributed by atoms with Crippen LogP contribution < -0.4 is 0 Å². The average Bonchev–Trinajstić information content (AvgIpc) is 2.31. The van der Waals surface area contributed by atoms with Crippen molar-refractivity contribution in [2.24, 2.45) is 0 Å². The van der Waals surface area contributed by atoms with Gasteiger partial charge in [0.05, 0.1) is 12.5 Å². The Morgan fingerprint density at radius 3 is 2.29 bits per heavy atom. The van der Waals surface area contributed by atoms with Gasteiger partial charge in [-0.3, -0.25) is 0 Å². The first-order valence-electron chi connectivity index (χ1n) is 5.75. The first-order valence-corrected chi connectivity index (χ1v) is 5.75. The van der Waals surface area contributed by atoms with Crippen molar-refractivity contribution in [1.29, 1.82) is 5.26 Å². The summed E-state index contributed by atoms with van der Waals surface area (Å²) < 4.78 is 0. The SMILES string of the molecule is Cc1ccccc1-c1ccc(CC#N)cc1C. The minimum atomic E-state index is 0.481. The first kappa shape index (κ1) is 11.4. The molecule has 0 unspecified atom stereocenters. The molecule has 0 saturated heterocycles. The smallest absolute Gasteiger partial charge is 0.0669 e. The molecule has 0 aliphatic heterocycles. The van der Waals surface area contributed by atoms with Crippen LogP contribution in [0.2, 0.25) is 0 Å². The van der Waals surface area contributed by atoms with Crippen LogP contribution in [-0.2, 0) is 6.42 Å². The summed E-state index contributed by atoms with van der Waals surface area (Å²) in [6.07, 6.45) is 0.481. The van der Waals surface area contributed by atoms with Gasteiger partial charge in [-0.1, -0.05) is 42.5 Å². The van der Waals surface area contributed by atoms with Crippen LogP contribution in [-0.4, -0.2) is 0 Å². The van der Waals surface area contributed by atoms with Gasteiger partial charge in [0, 0.05) is 0 Å². The molecule has 0 saturated carbocycles. The molecule has 2 aromatic carbocycles. The Balaban J connectivity index is 2.48. The molecule has 0 aromatic heterocycles. The number of benzene rings is 2. The van der Waals surface area contributed by atoms with Gasteiger partial charge in [0.2, 0.25) is 0 Å². The molecule has 0 atom stereocenters. The van der Waals surface area contributed by atoms with Crippen LogP contribution in [0.1, 0.15) is 16.7 Å². The lowest BCUT2D eigenvalue weighted by atomic mass is 9.95. The second-order valence-corrected chi connectivity index (χ2v) is 4.30. The molecule has 0 N–H and O–H groups in total. The van der Waals surface area contributed by atoms with Crippen LogP contribution >= 0.6 is 0 Å². The van der Waals surface area contributed by atoms with Crippen LogP contribution in [0.4, 0.5) is 0 Å². The van der Waals surface area contributed by atoms with Crippen molar-refractivity contribution in [3.8, 4) is 17.2 Å². The van der Waals surface area contributed by atoms with Crippen molar-refractivity contribution >= 4 is 0 Å². The van der Waals surface area contributed by atoms with E-state index in [1.54, 1.807) is 0 Å². The van der Waals surface area contributed by atoms with Gasteiger partial charge in [0.1, 0.15) is 0 Å². The van der Waals surface area contributed by atoms with E-state index >= 15 is 0 Å². The van der Waals surface area contributed by atoms with E-state index in [4.69, 9.17) is 5.26 Å². The summed E-state index contributed by atoms with van der Waals surface area (Å²) in [6, 6.07) is 16.8. The van der Waals surface area contributed by atoms with E-state index in [1.165, 1.54) is 22.3 Å². The highest BCUT2D eigenvalue weighted by molar-refractivity contribution is 5.70. The topological polar surface area (TPSA) is 23.8 Å². The van der Waals surface area contributed by atoms with Crippen LogP contribution in [0.15, 0.2) is 42.5 Å². The number of hydrogen-bond donors (Lipinski definition) is 0. The van der Waals surface area contributed by atoms with Gasteiger partial charge < -0.3 is 0 Å².